The van der Waals surface area contributed by atoms with Gasteiger partial charge in [0.25, 0.3) is 0 Å². The van der Waals surface area contributed by atoms with Gasteiger partial charge in [0.2, 0.25) is 0 Å². The van der Waals surface area contributed by atoms with Crippen molar-refractivity contribution in [1.29, 1.82) is 0 Å². The summed E-state index contributed by atoms with van der Waals surface area (Å²) in [7, 11) is 0. The fourth-order valence-electron chi connectivity index (χ4n) is 2.60. The number of phenolic OH excluding ortho intramolecular Hbond substituents is 1. The molecule has 134 valence electrons. The number of aromatic hydroxyl groups is 1. The molecule has 0 bridgehead atoms. The van der Waals surface area contributed by atoms with Crippen LogP contribution in [0.2, 0.25) is 0 Å². The van der Waals surface area contributed by atoms with E-state index in [-0.39, 0.29) is 29.2 Å². The van der Waals surface area contributed by atoms with E-state index in [9.17, 15) is 18.7 Å². The van der Waals surface area contributed by atoms with Gasteiger partial charge in [-0.2, -0.15) is 0 Å². The van der Waals surface area contributed by atoms with Crippen LogP contribution in [0, 0.1) is 18.6 Å². The van der Waals surface area contributed by atoms with E-state index in [1.165, 1.54) is 6.92 Å². The Hall–Kier alpha value is -2.63. The number of carbonyl (C=O) groups is 1. The summed E-state index contributed by atoms with van der Waals surface area (Å²) < 4.78 is 33.5. The van der Waals surface area contributed by atoms with Crippen molar-refractivity contribution in [1.82, 2.24) is 0 Å². The molecule has 4 nitrogen and oxygen atoms in total. The highest BCUT2D eigenvalue weighted by atomic mass is 19.1. The van der Waals surface area contributed by atoms with E-state index < -0.39 is 30.0 Å². The van der Waals surface area contributed by atoms with Gasteiger partial charge in [-0.05, 0) is 41.2 Å². The number of rotatable bonds is 6. The van der Waals surface area contributed by atoms with Crippen LogP contribution in [0.5, 0.6) is 11.5 Å². The van der Waals surface area contributed by atoms with Gasteiger partial charge >= 0.3 is 5.97 Å². The molecule has 0 aliphatic rings. The fourth-order valence-corrected chi connectivity index (χ4v) is 2.60. The van der Waals surface area contributed by atoms with E-state index in [1.807, 2.05) is 13.8 Å². The first-order valence-electron chi connectivity index (χ1n) is 7.84. The average molecular weight is 350 g/mol. The third kappa shape index (κ3) is 4.26. The monoisotopic (exact) mass is 350 g/mol. The summed E-state index contributed by atoms with van der Waals surface area (Å²) in [6.45, 7) is 4.54. The maximum Gasteiger partial charge on any atom is 0.341 e. The van der Waals surface area contributed by atoms with E-state index >= 15 is 0 Å². The molecule has 0 heterocycles. The van der Waals surface area contributed by atoms with Gasteiger partial charge in [-0.25, -0.2) is 13.6 Å². The minimum atomic E-state index is -1.27. The van der Waals surface area contributed by atoms with Gasteiger partial charge in [0, 0.05) is 12.5 Å². The molecule has 0 fully saturated rings. The molecule has 0 aromatic heterocycles. The molecule has 0 aliphatic carbocycles. The predicted molar refractivity (Wildman–Crippen MR) is 89.2 cm³/mol. The Kier molecular flexibility index (Phi) is 5.62. The van der Waals surface area contributed by atoms with E-state index in [4.69, 9.17) is 9.84 Å². The lowest BCUT2D eigenvalue weighted by molar-refractivity contribution is -0.139. The maximum atomic E-state index is 14.4. The minimum absolute atomic E-state index is 0.0690. The molecular weight excluding hydrogens is 330 g/mol. The van der Waals surface area contributed by atoms with Crippen molar-refractivity contribution >= 4 is 5.97 Å². The lowest BCUT2D eigenvalue weighted by Gasteiger charge is -2.14. The van der Waals surface area contributed by atoms with Crippen molar-refractivity contribution in [3.05, 3.63) is 58.2 Å². The Morgan fingerprint density at radius 3 is 2.52 bits per heavy atom. The van der Waals surface area contributed by atoms with Crippen LogP contribution in [0.4, 0.5) is 8.78 Å². The number of carboxylic acids is 1. The van der Waals surface area contributed by atoms with Crippen molar-refractivity contribution in [3.63, 3.8) is 0 Å². The maximum absolute atomic E-state index is 14.4. The van der Waals surface area contributed by atoms with Crippen molar-refractivity contribution in [3.8, 4) is 11.5 Å². The highest BCUT2D eigenvalue weighted by molar-refractivity contribution is 5.68. The quantitative estimate of drug-likeness (QED) is 0.821. The molecule has 2 aromatic rings. The Balaban J connectivity index is 2.36. The molecule has 0 saturated carbocycles. The molecule has 2 rings (SSSR count). The Morgan fingerprint density at radius 2 is 1.92 bits per heavy atom. The number of halogens is 2. The van der Waals surface area contributed by atoms with Crippen LogP contribution in [-0.4, -0.2) is 22.8 Å². The zero-order valence-corrected chi connectivity index (χ0v) is 14.3. The summed E-state index contributed by atoms with van der Waals surface area (Å²) in [6.07, 6.45) is 0.147. The van der Waals surface area contributed by atoms with Crippen molar-refractivity contribution in [2.45, 2.75) is 33.1 Å². The Morgan fingerprint density at radius 1 is 1.24 bits per heavy atom. The Labute approximate surface area is 144 Å². The number of carboxylic acid groups (broad SMARTS) is 1. The van der Waals surface area contributed by atoms with Crippen molar-refractivity contribution in [2.75, 3.05) is 6.61 Å². The summed E-state index contributed by atoms with van der Waals surface area (Å²) in [5, 5.41) is 18.5. The van der Waals surface area contributed by atoms with Crippen molar-refractivity contribution < 1.29 is 28.5 Å². The van der Waals surface area contributed by atoms with E-state index in [0.717, 1.165) is 17.2 Å². The van der Waals surface area contributed by atoms with Crippen LogP contribution in [0.15, 0.2) is 24.3 Å². The molecule has 0 atom stereocenters. The highest BCUT2D eigenvalue weighted by Gasteiger charge is 2.18. The number of benzene rings is 2. The van der Waals surface area contributed by atoms with Gasteiger partial charge in [0.1, 0.15) is 11.6 Å². The second kappa shape index (κ2) is 7.51. The van der Waals surface area contributed by atoms with Gasteiger partial charge in [0.05, 0.1) is 0 Å². The summed E-state index contributed by atoms with van der Waals surface area (Å²) in [5.74, 6) is -2.88. The minimum Gasteiger partial charge on any atom is -0.508 e. The van der Waals surface area contributed by atoms with Crippen LogP contribution in [0.25, 0.3) is 0 Å². The van der Waals surface area contributed by atoms with Crippen LogP contribution in [-0.2, 0) is 11.2 Å². The number of ether oxygens (including phenoxy) is 1. The summed E-state index contributed by atoms with van der Waals surface area (Å²) in [5.41, 5.74) is 1.71. The molecule has 0 aliphatic heterocycles. The molecule has 0 saturated heterocycles. The van der Waals surface area contributed by atoms with E-state index in [1.54, 1.807) is 18.2 Å². The topological polar surface area (TPSA) is 66.8 Å². The molecular formula is C19H20F2O4. The summed E-state index contributed by atoms with van der Waals surface area (Å²) >= 11 is 0. The highest BCUT2D eigenvalue weighted by Crippen LogP contribution is 2.31. The Bertz CT molecular complexity index is 800. The van der Waals surface area contributed by atoms with Gasteiger partial charge in [-0.3, -0.25) is 0 Å². The zero-order chi connectivity index (χ0) is 18.7. The molecule has 6 heteroatoms. The largest absolute Gasteiger partial charge is 0.508 e. The molecule has 0 unspecified atom stereocenters. The predicted octanol–water partition coefficient (Wildman–Crippen LogP) is 4.16. The van der Waals surface area contributed by atoms with Crippen molar-refractivity contribution in [2.24, 2.45) is 0 Å². The third-order valence-electron chi connectivity index (χ3n) is 3.99. The molecule has 2 aromatic carbocycles. The lowest BCUT2D eigenvalue weighted by atomic mass is 9.94. The molecule has 0 spiro atoms. The fraction of sp³-hybridized carbons (Fsp3) is 0.316. The summed E-state index contributed by atoms with van der Waals surface area (Å²) in [4.78, 5) is 10.5. The molecule has 25 heavy (non-hydrogen) atoms. The van der Waals surface area contributed by atoms with Gasteiger partial charge in [0.15, 0.2) is 18.2 Å². The SMILES string of the molecule is Cc1c(F)c(OCC(=O)O)cc(F)c1Cc1ccc(O)c(C(C)C)c1. The smallest absolute Gasteiger partial charge is 0.341 e. The van der Waals surface area contributed by atoms with E-state index in [2.05, 4.69) is 0 Å². The van der Waals surface area contributed by atoms with Crippen LogP contribution in [0.3, 0.4) is 0 Å². The molecule has 2 N–H and O–H groups in total. The number of phenols is 1. The normalized spacial score (nSPS) is 11.0. The summed E-state index contributed by atoms with van der Waals surface area (Å²) in [6, 6.07) is 5.83. The van der Waals surface area contributed by atoms with Gasteiger partial charge < -0.3 is 14.9 Å². The van der Waals surface area contributed by atoms with Crippen LogP contribution in [0.1, 0.15) is 42.0 Å². The second-order valence-corrected chi connectivity index (χ2v) is 6.18. The number of hydrogen-bond acceptors (Lipinski definition) is 3. The first-order chi connectivity index (χ1) is 11.7. The van der Waals surface area contributed by atoms with Crippen LogP contribution >= 0.6 is 0 Å². The standard InChI is InChI=1S/C19H20F2O4/c1-10(2)13-6-12(4-5-16(13)22)7-14-11(3)19(21)17(8-15(14)20)25-9-18(23)24/h4-6,8,10,22H,7,9H2,1-3H3,(H,23,24). The van der Waals surface area contributed by atoms with E-state index in [0.29, 0.717) is 0 Å². The number of aliphatic carboxylic acids is 1. The average Bonchev–Trinajstić information content (AvgIpc) is 2.54. The first-order valence-corrected chi connectivity index (χ1v) is 7.84. The van der Waals surface area contributed by atoms with Gasteiger partial charge in [-0.15, -0.1) is 0 Å². The second-order valence-electron chi connectivity index (χ2n) is 6.18. The lowest BCUT2D eigenvalue weighted by Crippen LogP contribution is -2.12. The molecule has 0 radical (unpaired) electrons. The molecule has 0 amide bonds. The third-order valence-corrected chi connectivity index (χ3v) is 3.99. The van der Waals surface area contributed by atoms with Crippen LogP contribution < -0.4 is 4.74 Å². The zero-order valence-electron chi connectivity index (χ0n) is 14.3. The first kappa shape index (κ1) is 18.7. The number of hydrogen-bond donors (Lipinski definition) is 2. The van der Waals surface area contributed by atoms with Gasteiger partial charge in [-0.1, -0.05) is 26.0 Å².